The maximum absolute atomic E-state index is 11.7. The number of hydrogen-bond acceptors (Lipinski definition) is 4. The first kappa shape index (κ1) is 21.1. The molecule has 8 heteroatoms. The van der Waals surface area contributed by atoms with Crippen LogP contribution in [0.25, 0.3) is 0 Å². The van der Waals surface area contributed by atoms with Crippen molar-refractivity contribution in [3.05, 3.63) is 16.1 Å². The molecule has 1 rings (SSSR count). The molecule has 6 nitrogen and oxygen atoms in total. The number of carbonyl (C=O) groups is 1. The first-order valence-corrected chi connectivity index (χ1v) is 7.84. The number of amides is 1. The third-order valence-corrected chi connectivity index (χ3v) is 3.32. The number of rotatable bonds is 5. The van der Waals surface area contributed by atoms with Gasteiger partial charge < -0.3 is 16.0 Å². The zero-order valence-corrected chi connectivity index (χ0v) is 17.0. The van der Waals surface area contributed by atoms with E-state index in [1.54, 1.807) is 18.4 Å². The van der Waals surface area contributed by atoms with Gasteiger partial charge in [0.2, 0.25) is 5.91 Å². The molecule has 0 aliphatic carbocycles. The van der Waals surface area contributed by atoms with Crippen molar-refractivity contribution in [3.8, 4) is 0 Å². The van der Waals surface area contributed by atoms with Gasteiger partial charge in [0.15, 0.2) is 5.96 Å². The molecule has 0 radical (unpaired) electrons. The SMILES string of the molecule is CN=C(NCCc1csc(C)n1)NCC(=O)NC(C)(C)C.I. The molecule has 0 spiro atoms. The van der Waals surface area contributed by atoms with E-state index >= 15 is 0 Å². The van der Waals surface area contributed by atoms with Crippen molar-refractivity contribution in [2.24, 2.45) is 4.99 Å². The zero-order chi connectivity index (χ0) is 15.9. The summed E-state index contributed by atoms with van der Waals surface area (Å²) in [6.07, 6.45) is 0.833. The Balaban J connectivity index is 0.00000441. The van der Waals surface area contributed by atoms with Crippen molar-refractivity contribution in [2.45, 2.75) is 39.7 Å². The largest absolute Gasteiger partial charge is 0.356 e. The lowest BCUT2D eigenvalue weighted by Gasteiger charge is -2.21. The van der Waals surface area contributed by atoms with Crippen LogP contribution in [-0.4, -0.2) is 42.5 Å². The van der Waals surface area contributed by atoms with Crippen LogP contribution >= 0.6 is 35.3 Å². The van der Waals surface area contributed by atoms with Gasteiger partial charge in [-0.1, -0.05) is 0 Å². The van der Waals surface area contributed by atoms with E-state index in [9.17, 15) is 4.79 Å². The minimum atomic E-state index is -0.224. The molecule has 0 saturated carbocycles. The molecule has 0 atom stereocenters. The number of guanidine groups is 1. The summed E-state index contributed by atoms with van der Waals surface area (Å²) in [5.74, 6) is 0.562. The van der Waals surface area contributed by atoms with Crippen LogP contribution in [0.15, 0.2) is 10.4 Å². The smallest absolute Gasteiger partial charge is 0.239 e. The van der Waals surface area contributed by atoms with E-state index in [-0.39, 0.29) is 42.0 Å². The molecule has 0 aliphatic rings. The van der Waals surface area contributed by atoms with Crippen LogP contribution in [-0.2, 0) is 11.2 Å². The molecule has 1 amide bonds. The lowest BCUT2D eigenvalue weighted by molar-refractivity contribution is -0.121. The van der Waals surface area contributed by atoms with Crippen molar-refractivity contribution < 1.29 is 4.79 Å². The van der Waals surface area contributed by atoms with Crippen molar-refractivity contribution in [2.75, 3.05) is 20.1 Å². The minimum Gasteiger partial charge on any atom is -0.356 e. The van der Waals surface area contributed by atoms with Gasteiger partial charge in [-0.3, -0.25) is 9.79 Å². The summed E-state index contributed by atoms with van der Waals surface area (Å²) in [5.41, 5.74) is 0.851. The zero-order valence-electron chi connectivity index (χ0n) is 13.8. The van der Waals surface area contributed by atoms with Crippen LogP contribution in [0.5, 0.6) is 0 Å². The van der Waals surface area contributed by atoms with Gasteiger partial charge in [-0.25, -0.2) is 4.98 Å². The molecule has 0 saturated heterocycles. The van der Waals surface area contributed by atoms with E-state index < -0.39 is 0 Å². The molecular weight excluding hydrogens is 413 g/mol. The molecule has 22 heavy (non-hydrogen) atoms. The number of aryl methyl sites for hydroxylation is 1. The summed E-state index contributed by atoms with van der Waals surface area (Å²) in [6.45, 7) is 8.78. The minimum absolute atomic E-state index is 0. The van der Waals surface area contributed by atoms with Gasteiger partial charge in [0, 0.05) is 30.9 Å². The van der Waals surface area contributed by atoms with Gasteiger partial charge in [0.1, 0.15) is 0 Å². The second kappa shape index (κ2) is 9.98. The lowest BCUT2D eigenvalue weighted by Crippen LogP contribution is -2.48. The van der Waals surface area contributed by atoms with E-state index in [0.29, 0.717) is 5.96 Å². The third kappa shape index (κ3) is 9.19. The predicted octanol–water partition coefficient (Wildman–Crippen LogP) is 1.69. The monoisotopic (exact) mass is 439 g/mol. The molecule has 1 heterocycles. The van der Waals surface area contributed by atoms with Crippen molar-refractivity contribution in [1.82, 2.24) is 20.9 Å². The van der Waals surface area contributed by atoms with Crippen molar-refractivity contribution in [1.29, 1.82) is 0 Å². The highest BCUT2D eigenvalue weighted by molar-refractivity contribution is 14.0. The molecule has 126 valence electrons. The lowest BCUT2D eigenvalue weighted by atomic mass is 10.1. The Bertz CT molecular complexity index is 496. The number of nitrogens with one attached hydrogen (secondary N) is 3. The van der Waals surface area contributed by atoms with E-state index in [2.05, 4.69) is 31.3 Å². The first-order valence-electron chi connectivity index (χ1n) is 6.96. The normalized spacial score (nSPS) is 11.6. The molecule has 1 aromatic rings. The number of hydrogen-bond donors (Lipinski definition) is 3. The Hall–Kier alpha value is -0.900. The van der Waals surface area contributed by atoms with E-state index in [0.717, 1.165) is 23.7 Å². The fourth-order valence-electron chi connectivity index (χ4n) is 1.68. The molecule has 0 aromatic carbocycles. The van der Waals surface area contributed by atoms with Gasteiger partial charge in [0.05, 0.1) is 17.2 Å². The van der Waals surface area contributed by atoms with Crippen LogP contribution in [0.2, 0.25) is 0 Å². The standard InChI is InChI=1S/C14H25N5OS.HI/c1-10-18-11(9-21-10)6-7-16-13(15-5)17-8-12(20)19-14(2,3)4;/h9H,6-8H2,1-5H3,(H,19,20)(H2,15,16,17);1H. The second-order valence-electron chi connectivity index (χ2n) is 5.76. The maximum atomic E-state index is 11.7. The van der Waals surface area contributed by atoms with Gasteiger partial charge in [0.25, 0.3) is 0 Å². The average Bonchev–Trinajstić information content (AvgIpc) is 2.77. The third-order valence-electron chi connectivity index (χ3n) is 2.49. The van der Waals surface area contributed by atoms with Crippen molar-refractivity contribution >= 4 is 47.2 Å². The summed E-state index contributed by atoms with van der Waals surface area (Å²) in [7, 11) is 1.68. The van der Waals surface area contributed by atoms with Crippen LogP contribution in [0.3, 0.4) is 0 Å². The van der Waals surface area contributed by atoms with E-state index in [4.69, 9.17) is 0 Å². The number of aliphatic imine (C=N–C) groups is 1. The summed E-state index contributed by atoms with van der Waals surface area (Å²) in [4.78, 5) is 20.2. The van der Waals surface area contributed by atoms with Crippen LogP contribution in [0, 0.1) is 6.92 Å². The van der Waals surface area contributed by atoms with Gasteiger partial charge in [-0.05, 0) is 27.7 Å². The van der Waals surface area contributed by atoms with Crippen molar-refractivity contribution in [3.63, 3.8) is 0 Å². The fourth-order valence-corrected chi connectivity index (χ4v) is 2.33. The summed E-state index contributed by atoms with van der Waals surface area (Å²) >= 11 is 1.65. The number of aromatic nitrogens is 1. The maximum Gasteiger partial charge on any atom is 0.239 e. The fraction of sp³-hybridized carbons (Fsp3) is 0.643. The van der Waals surface area contributed by atoms with Crippen LogP contribution < -0.4 is 16.0 Å². The second-order valence-corrected chi connectivity index (χ2v) is 6.82. The quantitative estimate of drug-likeness (QED) is 0.371. The van der Waals surface area contributed by atoms with Gasteiger partial charge in [-0.2, -0.15) is 0 Å². The topological polar surface area (TPSA) is 78.4 Å². The predicted molar refractivity (Wildman–Crippen MR) is 103 cm³/mol. The summed E-state index contributed by atoms with van der Waals surface area (Å²) in [6, 6.07) is 0. The summed E-state index contributed by atoms with van der Waals surface area (Å²) < 4.78 is 0. The first-order chi connectivity index (χ1) is 9.80. The average molecular weight is 439 g/mol. The van der Waals surface area contributed by atoms with E-state index in [1.807, 2.05) is 27.7 Å². The molecular formula is C14H26IN5OS. The van der Waals surface area contributed by atoms with Crippen LogP contribution in [0.4, 0.5) is 0 Å². The number of halogens is 1. The highest BCUT2D eigenvalue weighted by atomic mass is 127. The van der Waals surface area contributed by atoms with Gasteiger partial charge in [-0.15, -0.1) is 35.3 Å². The molecule has 0 bridgehead atoms. The molecule has 0 fully saturated rings. The molecule has 3 N–H and O–H groups in total. The molecule has 0 unspecified atom stereocenters. The number of nitrogens with zero attached hydrogens (tertiary/aromatic N) is 2. The molecule has 1 aromatic heterocycles. The highest BCUT2D eigenvalue weighted by Crippen LogP contribution is 2.07. The number of thiazole rings is 1. The highest BCUT2D eigenvalue weighted by Gasteiger charge is 2.13. The Morgan fingerprint density at radius 1 is 1.36 bits per heavy atom. The van der Waals surface area contributed by atoms with Crippen LogP contribution in [0.1, 0.15) is 31.5 Å². The van der Waals surface area contributed by atoms with Gasteiger partial charge >= 0.3 is 0 Å². The summed E-state index contributed by atoms with van der Waals surface area (Å²) in [5, 5.41) is 12.2. The Morgan fingerprint density at radius 2 is 2.05 bits per heavy atom. The Morgan fingerprint density at radius 3 is 2.55 bits per heavy atom. The molecule has 0 aliphatic heterocycles. The Labute approximate surface area is 153 Å². The Kier molecular flexibility index (Phi) is 9.58. The number of carbonyl (C=O) groups excluding carboxylic acids is 1. The van der Waals surface area contributed by atoms with E-state index in [1.165, 1.54) is 0 Å².